The van der Waals surface area contributed by atoms with Gasteiger partial charge in [0.2, 0.25) is 40.8 Å². The number of aryl methyl sites for hydroxylation is 3. The molecule has 24 heteroatoms. The van der Waals surface area contributed by atoms with E-state index >= 15 is 0 Å². The minimum atomic E-state index is -4.43. The first-order chi connectivity index (χ1) is 32.5. The third-order valence-electron chi connectivity index (χ3n) is 9.62. The first-order valence-electron chi connectivity index (χ1n) is 20.5. The summed E-state index contributed by atoms with van der Waals surface area (Å²) in [5.41, 5.74) is 6.04. The largest absolute Gasteiger partial charge is 0.478 e. The molecular formula is C46H37B3F3N16O2. The van der Waals surface area contributed by atoms with Crippen LogP contribution >= 0.6 is 0 Å². The molecule has 0 saturated carbocycles. The van der Waals surface area contributed by atoms with Crippen molar-refractivity contribution < 1.29 is 23.1 Å². The van der Waals surface area contributed by atoms with Crippen LogP contribution in [0.2, 0.25) is 0 Å². The summed E-state index contributed by atoms with van der Waals surface area (Å²) in [6, 6.07) is 30.4. The van der Waals surface area contributed by atoms with Gasteiger partial charge in [-0.25, -0.2) is 14.8 Å². The highest BCUT2D eigenvalue weighted by Crippen LogP contribution is 2.29. The smallest absolute Gasteiger partial charge is 0.417 e. The monoisotopic (exact) mass is 935 g/mol. The summed E-state index contributed by atoms with van der Waals surface area (Å²) in [6.07, 6.45) is 3.70. The maximum absolute atomic E-state index is 12.5. The van der Waals surface area contributed by atoms with E-state index in [4.69, 9.17) is 5.11 Å². The Morgan fingerprint density at radius 1 is 0.429 bits per heavy atom. The molecule has 0 atom stereocenters. The van der Waals surface area contributed by atoms with Crippen LogP contribution in [0.25, 0.3) is 68.8 Å². The maximum atomic E-state index is 12.5. The SMILES string of the molecule is CCc1ccc(-c2nnc(-c3ccc(C(=O)O)cn3)nn2)cc1.CCc1ccc(-c2nnc(-c3ccc(C(F)(F)F)cn3)nn2)cc1.CCc1ccc(-c2nnc(-c3ncccn3)nn2)cc1.[B].[B].[B]. The van der Waals surface area contributed by atoms with Crippen molar-refractivity contribution in [2.75, 3.05) is 0 Å². The Labute approximate surface area is 405 Å². The van der Waals surface area contributed by atoms with Crippen LogP contribution in [0.1, 0.15) is 53.4 Å². The van der Waals surface area contributed by atoms with Crippen LogP contribution in [0.4, 0.5) is 13.2 Å². The molecule has 0 spiro atoms. The first-order valence-corrected chi connectivity index (χ1v) is 20.5. The molecule has 9 rings (SSSR count). The average Bonchev–Trinajstić information content (AvgIpc) is 3.39. The zero-order valence-corrected chi connectivity index (χ0v) is 37.6. The molecule has 9 radical (unpaired) electrons. The van der Waals surface area contributed by atoms with Gasteiger partial charge in [0.1, 0.15) is 11.4 Å². The molecule has 0 saturated heterocycles. The molecule has 3 aromatic carbocycles. The van der Waals surface area contributed by atoms with Crippen LogP contribution in [0.15, 0.2) is 128 Å². The van der Waals surface area contributed by atoms with Crippen molar-refractivity contribution in [2.45, 2.75) is 46.2 Å². The number of carboxylic acids is 1. The maximum Gasteiger partial charge on any atom is 0.417 e. The second-order valence-electron chi connectivity index (χ2n) is 14.0. The van der Waals surface area contributed by atoms with Crippen molar-refractivity contribution >= 4 is 31.2 Å². The summed E-state index contributed by atoms with van der Waals surface area (Å²) in [5, 5.41) is 56.9. The highest BCUT2D eigenvalue weighted by Gasteiger charge is 2.31. The summed E-state index contributed by atoms with van der Waals surface area (Å²) < 4.78 is 37.6. The van der Waals surface area contributed by atoms with E-state index < -0.39 is 17.7 Å². The van der Waals surface area contributed by atoms with Crippen LogP contribution in [-0.2, 0) is 25.4 Å². The summed E-state index contributed by atoms with van der Waals surface area (Å²) in [6.45, 7) is 6.26. The molecule has 0 amide bonds. The number of carboxylic acid groups (broad SMARTS) is 1. The van der Waals surface area contributed by atoms with Crippen molar-refractivity contribution in [3.63, 3.8) is 0 Å². The Hall–Kier alpha value is -8.69. The minimum Gasteiger partial charge on any atom is -0.478 e. The molecule has 0 bridgehead atoms. The number of benzene rings is 3. The fourth-order valence-electron chi connectivity index (χ4n) is 5.76. The van der Waals surface area contributed by atoms with Gasteiger partial charge in [0.25, 0.3) is 0 Å². The molecule has 18 nitrogen and oxygen atoms in total. The lowest BCUT2D eigenvalue weighted by Gasteiger charge is -2.06. The lowest BCUT2D eigenvalue weighted by atomic mass is 10.1. The number of hydrogen-bond acceptors (Lipinski definition) is 17. The Bertz CT molecular complexity index is 2990. The molecule has 70 heavy (non-hydrogen) atoms. The zero-order chi connectivity index (χ0) is 47.2. The molecule has 6 heterocycles. The van der Waals surface area contributed by atoms with E-state index in [9.17, 15) is 18.0 Å². The second kappa shape index (κ2) is 25.4. The van der Waals surface area contributed by atoms with Crippen LogP contribution in [0.3, 0.4) is 0 Å². The van der Waals surface area contributed by atoms with Crippen molar-refractivity contribution in [1.29, 1.82) is 0 Å². The fourth-order valence-corrected chi connectivity index (χ4v) is 5.76. The van der Waals surface area contributed by atoms with Gasteiger partial charge in [-0.05, 0) is 66.3 Å². The Morgan fingerprint density at radius 2 is 0.771 bits per heavy atom. The van der Waals surface area contributed by atoms with Gasteiger partial charge in [-0.1, -0.05) is 93.6 Å². The predicted octanol–water partition coefficient (Wildman–Crippen LogP) is 6.64. The number of hydrogen-bond donors (Lipinski definition) is 1. The van der Waals surface area contributed by atoms with Gasteiger partial charge in [-0.15, -0.1) is 61.2 Å². The van der Waals surface area contributed by atoms with Crippen LogP contribution < -0.4 is 0 Å². The number of carbonyl (C=O) groups is 1. The van der Waals surface area contributed by atoms with Gasteiger partial charge in [-0.3, -0.25) is 9.97 Å². The highest BCUT2D eigenvalue weighted by molar-refractivity contribution is 5.87. The topological polar surface area (TPSA) is 244 Å². The standard InChI is InChI=1S/C16H12F3N5.C16H13N5O2.C14H12N6.3B/c1-2-10-3-5-11(6-4-10)14-21-23-15(24-22-14)13-8-7-12(9-20-13)16(17,18)19;1-2-10-3-5-11(6-4-10)14-18-20-15(21-19-14)13-8-7-12(9-17-13)16(22)23;1-2-10-4-6-11(7-5-10)12-17-19-14(20-18-12)13-15-8-3-9-16-13;;;/h3-9H,2H2,1H3;3-9H,2H2,1H3,(H,22,23);3-9H,2H2,1H3;;;. The predicted molar refractivity (Wildman–Crippen MR) is 254 cm³/mol. The highest BCUT2D eigenvalue weighted by atomic mass is 19.4. The number of alkyl halides is 3. The van der Waals surface area contributed by atoms with Crippen molar-refractivity contribution in [3.05, 3.63) is 156 Å². The van der Waals surface area contributed by atoms with Gasteiger partial charge in [0.15, 0.2) is 0 Å². The van der Waals surface area contributed by atoms with Gasteiger partial charge >= 0.3 is 12.1 Å². The Morgan fingerprint density at radius 3 is 1.07 bits per heavy atom. The summed E-state index contributed by atoms with van der Waals surface area (Å²) in [7, 11) is 0. The first kappa shape index (κ1) is 53.9. The van der Waals surface area contributed by atoms with E-state index in [0.29, 0.717) is 34.8 Å². The molecule has 0 aliphatic rings. The van der Waals surface area contributed by atoms with Gasteiger partial charge in [0, 0.05) is 66.7 Å². The second-order valence-corrected chi connectivity index (χ2v) is 14.0. The molecule has 1 N–H and O–H groups in total. The minimum absolute atomic E-state index is 0. The quantitative estimate of drug-likeness (QED) is 0.141. The van der Waals surface area contributed by atoms with Crippen molar-refractivity contribution in [2.24, 2.45) is 0 Å². The molecular weight excluding hydrogens is 898 g/mol. The number of pyridine rings is 2. The van der Waals surface area contributed by atoms with Crippen molar-refractivity contribution in [3.8, 4) is 68.8 Å². The molecule has 343 valence electrons. The van der Waals surface area contributed by atoms with Crippen molar-refractivity contribution in [1.82, 2.24) is 81.1 Å². The van der Waals surface area contributed by atoms with Crippen LogP contribution in [-0.4, -0.2) is 117 Å². The number of aromatic carboxylic acids is 1. The molecule has 0 fully saturated rings. The lowest BCUT2D eigenvalue weighted by molar-refractivity contribution is -0.137. The number of rotatable bonds is 10. The van der Waals surface area contributed by atoms with Crippen LogP contribution in [0.5, 0.6) is 0 Å². The molecule has 0 unspecified atom stereocenters. The normalized spacial score (nSPS) is 10.4. The zero-order valence-electron chi connectivity index (χ0n) is 37.6. The Kier molecular flexibility index (Phi) is 19.6. The molecule has 6 aromatic heterocycles. The Balaban J connectivity index is 0.000000224. The third kappa shape index (κ3) is 14.2. The van der Waals surface area contributed by atoms with E-state index in [1.54, 1.807) is 18.5 Å². The van der Waals surface area contributed by atoms with E-state index in [0.717, 1.165) is 48.2 Å². The van der Waals surface area contributed by atoms with E-state index in [-0.39, 0.29) is 48.1 Å². The summed E-state index contributed by atoms with van der Waals surface area (Å²) in [4.78, 5) is 26.6. The lowest BCUT2D eigenvalue weighted by Crippen LogP contribution is -2.06. The third-order valence-corrected chi connectivity index (χ3v) is 9.62. The van der Waals surface area contributed by atoms with Gasteiger partial charge in [0.05, 0.1) is 11.1 Å². The van der Waals surface area contributed by atoms with Gasteiger partial charge in [-0.2, -0.15) is 13.2 Å². The molecule has 9 aromatic rings. The number of nitrogens with zero attached hydrogens (tertiary/aromatic N) is 16. The van der Waals surface area contributed by atoms with Gasteiger partial charge < -0.3 is 5.11 Å². The van der Waals surface area contributed by atoms with E-state index in [1.807, 2.05) is 72.8 Å². The number of halogens is 3. The number of aromatic nitrogens is 16. The molecule has 0 aliphatic heterocycles. The average molecular weight is 935 g/mol. The van der Waals surface area contributed by atoms with Crippen LogP contribution in [0, 0.1) is 0 Å². The van der Waals surface area contributed by atoms with E-state index in [1.165, 1.54) is 41.1 Å². The van der Waals surface area contributed by atoms with E-state index in [2.05, 4.69) is 102 Å². The fraction of sp³-hybridized carbons (Fsp3) is 0.152. The molecule has 0 aliphatic carbocycles. The summed E-state index contributed by atoms with van der Waals surface area (Å²) in [5.74, 6) is 1.28. The summed E-state index contributed by atoms with van der Waals surface area (Å²) >= 11 is 0.